The molecule has 1 aromatic heterocycles. The maximum absolute atomic E-state index is 12.3. The number of ether oxygens (including phenoxy) is 1. The van der Waals surface area contributed by atoms with E-state index in [2.05, 4.69) is 22.0 Å². The quantitative estimate of drug-likeness (QED) is 0.523. The predicted octanol–water partition coefficient (Wildman–Crippen LogP) is 4.53. The lowest BCUT2D eigenvalue weighted by molar-refractivity contribution is -0.141. The number of carbonyl (C=O) groups excluding carboxylic acids is 1. The molecule has 0 spiro atoms. The number of carboxylic acid groups (broad SMARTS) is 1. The van der Waals surface area contributed by atoms with Gasteiger partial charge in [-0.1, -0.05) is 22.9 Å². The Morgan fingerprint density at radius 1 is 1.35 bits per heavy atom. The Morgan fingerprint density at radius 2 is 2.09 bits per heavy atom. The lowest BCUT2D eigenvalue weighted by Crippen LogP contribution is -2.13. The summed E-state index contributed by atoms with van der Waals surface area (Å²) >= 11 is 4.82. The van der Waals surface area contributed by atoms with Crippen molar-refractivity contribution in [3.05, 3.63) is 28.6 Å². The highest BCUT2D eigenvalue weighted by molar-refractivity contribution is 9.09. The first-order valence-electron chi connectivity index (χ1n) is 7.38. The molecular formula is C17H19BrO4S. The van der Waals surface area contributed by atoms with E-state index in [0.717, 1.165) is 39.6 Å². The number of benzene rings is 1. The van der Waals surface area contributed by atoms with Crippen LogP contribution in [0.15, 0.2) is 18.2 Å². The molecule has 0 amide bonds. The van der Waals surface area contributed by atoms with E-state index in [1.54, 1.807) is 14.0 Å². The summed E-state index contributed by atoms with van der Waals surface area (Å²) < 4.78 is 6.43. The number of methoxy groups -OCH3 is 1. The minimum Gasteiger partial charge on any atom is -0.496 e. The zero-order valence-corrected chi connectivity index (χ0v) is 15.5. The number of ketones is 1. The molecule has 1 heterocycles. The first-order valence-corrected chi connectivity index (χ1v) is 9.32. The number of hydrogen-bond donors (Lipinski definition) is 1. The van der Waals surface area contributed by atoms with Gasteiger partial charge in [0.05, 0.1) is 17.9 Å². The SMILES string of the molecule is COc1cc2sc(C(=O)CC(C)C(=O)O)cc2cc1CCCBr. The second kappa shape index (κ2) is 7.93. The van der Waals surface area contributed by atoms with Crippen molar-refractivity contribution in [1.82, 2.24) is 0 Å². The first-order chi connectivity index (χ1) is 11.0. The minimum atomic E-state index is -0.946. The normalized spacial score (nSPS) is 12.3. The molecule has 4 nitrogen and oxygen atoms in total. The number of carboxylic acids is 1. The number of carbonyl (C=O) groups is 2. The summed E-state index contributed by atoms with van der Waals surface area (Å²) in [6, 6.07) is 5.87. The molecule has 0 aliphatic heterocycles. The van der Waals surface area contributed by atoms with Gasteiger partial charge in [0.2, 0.25) is 0 Å². The summed E-state index contributed by atoms with van der Waals surface area (Å²) in [6.07, 6.45) is 1.93. The van der Waals surface area contributed by atoms with Gasteiger partial charge in [-0.2, -0.15) is 0 Å². The van der Waals surface area contributed by atoms with Crippen LogP contribution in [0.2, 0.25) is 0 Å². The molecule has 124 valence electrons. The van der Waals surface area contributed by atoms with Crippen LogP contribution in [0.25, 0.3) is 10.1 Å². The smallest absolute Gasteiger partial charge is 0.306 e. The summed E-state index contributed by atoms with van der Waals surface area (Å²) in [5, 5.41) is 10.9. The summed E-state index contributed by atoms with van der Waals surface area (Å²) in [7, 11) is 1.65. The van der Waals surface area contributed by atoms with Crippen molar-refractivity contribution in [3.8, 4) is 5.75 Å². The molecule has 6 heteroatoms. The fraction of sp³-hybridized carbons (Fsp3) is 0.412. The van der Waals surface area contributed by atoms with Crippen molar-refractivity contribution < 1.29 is 19.4 Å². The van der Waals surface area contributed by atoms with Gasteiger partial charge in [0.25, 0.3) is 0 Å². The molecule has 0 saturated carbocycles. The molecule has 1 atom stereocenters. The average molecular weight is 399 g/mol. The lowest BCUT2D eigenvalue weighted by atomic mass is 10.0. The van der Waals surface area contributed by atoms with Crippen molar-refractivity contribution in [2.45, 2.75) is 26.2 Å². The number of aryl methyl sites for hydroxylation is 1. The lowest BCUT2D eigenvalue weighted by Gasteiger charge is -2.07. The highest BCUT2D eigenvalue weighted by Gasteiger charge is 2.19. The van der Waals surface area contributed by atoms with Crippen LogP contribution in [-0.2, 0) is 11.2 Å². The van der Waals surface area contributed by atoms with Crippen LogP contribution in [0.1, 0.15) is 35.0 Å². The summed E-state index contributed by atoms with van der Waals surface area (Å²) in [4.78, 5) is 23.8. The number of hydrogen-bond acceptors (Lipinski definition) is 4. The van der Waals surface area contributed by atoms with Gasteiger partial charge in [0.15, 0.2) is 5.78 Å². The molecule has 0 aliphatic carbocycles. The largest absolute Gasteiger partial charge is 0.496 e. The maximum atomic E-state index is 12.3. The van der Waals surface area contributed by atoms with E-state index >= 15 is 0 Å². The molecule has 1 unspecified atom stereocenters. The Labute approximate surface area is 147 Å². The average Bonchev–Trinajstić information content (AvgIpc) is 2.94. The standard InChI is InChI=1S/C17H19BrO4S/c1-10(17(20)21)6-13(19)16-8-12-7-11(4-3-5-18)14(22-2)9-15(12)23-16/h7-10H,3-6H2,1-2H3,(H,20,21). The van der Waals surface area contributed by atoms with Gasteiger partial charge in [-0.25, -0.2) is 0 Å². The zero-order chi connectivity index (χ0) is 17.0. The third-order valence-corrected chi connectivity index (χ3v) is 5.39. The van der Waals surface area contributed by atoms with E-state index in [-0.39, 0.29) is 12.2 Å². The molecule has 23 heavy (non-hydrogen) atoms. The number of fused-ring (bicyclic) bond motifs is 1. The summed E-state index contributed by atoms with van der Waals surface area (Å²) in [6.45, 7) is 1.55. The number of halogens is 1. The topological polar surface area (TPSA) is 63.6 Å². The zero-order valence-electron chi connectivity index (χ0n) is 13.1. The van der Waals surface area contributed by atoms with Crippen molar-refractivity contribution in [3.63, 3.8) is 0 Å². The fourth-order valence-electron chi connectivity index (χ4n) is 2.36. The number of aliphatic carboxylic acids is 1. The van der Waals surface area contributed by atoms with Gasteiger partial charge in [-0.3, -0.25) is 9.59 Å². The van der Waals surface area contributed by atoms with Crippen LogP contribution in [0, 0.1) is 5.92 Å². The Morgan fingerprint density at radius 3 is 2.70 bits per heavy atom. The highest BCUT2D eigenvalue weighted by Crippen LogP contribution is 2.33. The van der Waals surface area contributed by atoms with E-state index in [1.165, 1.54) is 11.3 Å². The molecule has 2 rings (SSSR count). The molecule has 0 aliphatic rings. The van der Waals surface area contributed by atoms with Gasteiger partial charge in [0, 0.05) is 16.5 Å². The Bertz CT molecular complexity index is 723. The van der Waals surface area contributed by atoms with Crippen molar-refractivity contribution in [2.75, 3.05) is 12.4 Å². The molecule has 0 bridgehead atoms. The molecule has 1 aromatic carbocycles. The van der Waals surface area contributed by atoms with Gasteiger partial charge in [-0.05, 0) is 42.0 Å². The third-order valence-electron chi connectivity index (χ3n) is 3.69. The van der Waals surface area contributed by atoms with Crippen molar-refractivity contribution in [1.29, 1.82) is 0 Å². The Kier molecular flexibility index (Phi) is 6.18. The van der Waals surface area contributed by atoms with Crippen LogP contribution < -0.4 is 4.74 Å². The Hall–Kier alpha value is -1.40. The van der Waals surface area contributed by atoms with Crippen molar-refractivity contribution in [2.24, 2.45) is 5.92 Å². The summed E-state index contributed by atoms with van der Waals surface area (Å²) in [5.41, 5.74) is 1.12. The third kappa shape index (κ3) is 4.32. The fourth-order valence-corrected chi connectivity index (χ4v) is 3.66. The number of alkyl halides is 1. The monoisotopic (exact) mass is 398 g/mol. The van der Waals surface area contributed by atoms with E-state index in [1.807, 2.05) is 12.1 Å². The van der Waals surface area contributed by atoms with Crippen LogP contribution in [0.3, 0.4) is 0 Å². The predicted molar refractivity (Wildman–Crippen MR) is 96.2 cm³/mol. The van der Waals surface area contributed by atoms with E-state index < -0.39 is 11.9 Å². The highest BCUT2D eigenvalue weighted by atomic mass is 79.9. The molecule has 2 aromatic rings. The van der Waals surface area contributed by atoms with Crippen LogP contribution >= 0.6 is 27.3 Å². The van der Waals surface area contributed by atoms with Gasteiger partial charge < -0.3 is 9.84 Å². The molecule has 0 radical (unpaired) electrons. The van der Waals surface area contributed by atoms with E-state index in [4.69, 9.17) is 9.84 Å². The number of Topliss-reactive ketones (excluding diaryl/α,β-unsaturated/α-hetero) is 1. The number of thiophene rings is 1. The summed E-state index contributed by atoms with van der Waals surface area (Å²) in [5.74, 6) is -0.907. The number of rotatable bonds is 8. The Balaban J connectivity index is 2.30. The van der Waals surface area contributed by atoms with Gasteiger partial charge in [0.1, 0.15) is 5.75 Å². The maximum Gasteiger partial charge on any atom is 0.306 e. The molecule has 1 N–H and O–H groups in total. The van der Waals surface area contributed by atoms with E-state index in [0.29, 0.717) is 4.88 Å². The van der Waals surface area contributed by atoms with E-state index in [9.17, 15) is 9.59 Å². The van der Waals surface area contributed by atoms with Crippen LogP contribution in [0.5, 0.6) is 5.75 Å². The van der Waals surface area contributed by atoms with Crippen LogP contribution in [0.4, 0.5) is 0 Å². The molecular weight excluding hydrogens is 380 g/mol. The molecule has 0 saturated heterocycles. The first kappa shape index (κ1) is 17.9. The van der Waals surface area contributed by atoms with Crippen LogP contribution in [-0.4, -0.2) is 29.3 Å². The second-order valence-electron chi connectivity index (χ2n) is 5.47. The van der Waals surface area contributed by atoms with Crippen molar-refractivity contribution >= 4 is 49.1 Å². The minimum absolute atomic E-state index is 0.0235. The van der Waals surface area contributed by atoms with Gasteiger partial charge >= 0.3 is 5.97 Å². The molecule has 0 fully saturated rings. The second-order valence-corrected chi connectivity index (χ2v) is 7.35. The van der Waals surface area contributed by atoms with Gasteiger partial charge in [-0.15, -0.1) is 11.3 Å².